The SMILES string of the molecule is CCC(C)(Br)OC. The van der Waals surface area contributed by atoms with Gasteiger partial charge in [-0.15, -0.1) is 0 Å². The number of alkyl halides is 1. The van der Waals surface area contributed by atoms with Crippen LogP contribution >= 0.6 is 15.9 Å². The number of ether oxygens (including phenoxy) is 1. The molecule has 0 aromatic carbocycles. The topological polar surface area (TPSA) is 9.23 Å². The third kappa shape index (κ3) is 3.06. The van der Waals surface area contributed by atoms with Crippen LogP contribution in [-0.4, -0.2) is 11.6 Å². The van der Waals surface area contributed by atoms with Gasteiger partial charge in [-0.25, -0.2) is 0 Å². The number of hydrogen-bond donors (Lipinski definition) is 0. The predicted molar refractivity (Wildman–Crippen MR) is 34.6 cm³/mol. The Bertz CT molecular complexity index is 46.0. The van der Waals surface area contributed by atoms with Gasteiger partial charge in [0.05, 0.1) is 0 Å². The van der Waals surface area contributed by atoms with Crippen molar-refractivity contribution in [3.05, 3.63) is 0 Å². The lowest BCUT2D eigenvalue weighted by molar-refractivity contribution is 0.0906. The summed E-state index contributed by atoms with van der Waals surface area (Å²) in [5.41, 5.74) is 0. The summed E-state index contributed by atoms with van der Waals surface area (Å²) in [6.45, 7) is 4.06. The van der Waals surface area contributed by atoms with Gasteiger partial charge in [-0.1, -0.05) is 22.9 Å². The second kappa shape index (κ2) is 2.68. The Morgan fingerprint density at radius 1 is 1.71 bits per heavy atom. The van der Waals surface area contributed by atoms with E-state index in [9.17, 15) is 0 Å². The molecule has 0 fully saturated rings. The van der Waals surface area contributed by atoms with E-state index in [1.165, 1.54) is 0 Å². The van der Waals surface area contributed by atoms with Gasteiger partial charge in [-0.3, -0.25) is 0 Å². The maximum absolute atomic E-state index is 5.00. The fraction of sp³-hybridized carbons (Fsp3) is 1.00. The van der Waals surface area contributed by atoms with Crippen LogP contribution in [0.25, 0.3) is 0 Å². The molecule has 7 heavy (non-hydrogen) atoms. The summed E-state index contributed by atoms with van der Waals surface area (Å²) in [4.78, 5) is 0. The summed E-state index contributed by atoms with van der Waals surface area (Å²) in [6.07, 6.45) is 0.990. The zero-order valence-electron chi connectivity index (χ0n) is 4.99. The minimum atomic E-state index is -0.104. The van der Waals surface area contributed by atoms with Gasteiger partial charge in [0.1, 0.15) is 4.51 Å². The molecule has 0 aliphatic heterocycles. The van der Waals surface area contributed by atoms with E-state index in [1.807, 2.05) is 6.92 Å². The molecule has 0 aliphatic carbocycles. The second-order valence-corrected chi connectivity index (χ2v) is 3.34. The number of methoxy groups -OCH3 is 1. The van der Waals surface area contributed by atoms with Crippen LogP contribution in [0.1, 0.15) is 20.3 Å². The van der Waals surface area contributed by atoms with Crippen molar-refractivity contribution in [1.82, 2.24) is 0 Å². The van der Waals surface area contributed by atoms with E-state index in [0.717, 1.165) is 6.42 Å². The maximum Gasteiger partial charge on any atom is 0.119 e. The van der Waals surface area contributed by atoms with E-state index >= 15 is 0 Å². The van der Waals surface area contributed by atoms with Crippen molar-refractivity contribution in [2.45, 2.75) is 24.8 Å². The summed E-state index contributed by atoms with van der Waals surface area (Å²) < 4.78 is 4.90. The Morgan fingerprint density at radius 3 is 2.14 bits per heavy atom. The predicted octanol–water partition coefficient (Wildman–Crippen LogP) is 2.15. The third-order valence-corrected chi connectivity index (χ3v) is 1.94. The van der Waals surface area contributed by atoms with Crippen molar-refractivity contribution in [1.29, 1.82) is 0 Å². The Balaban J connectivity index is 3.36. The molecule has 0 rings (SSSR count). The fourth-order valence-corrected chi connectivity index (χ4v) is 0.144. The van der Waals surface area contributed by atoms with Gasteiger partial charge in [0.15, 0.2) is 0 Å². The summed E-state index contributed by atoms with van der Waals surface area (Å²) in [5, 5.41) is 0. The van der Waals surface area contributed by atoms with Crippen LogP contribution in [0.3, 0.4) is 0 Å². The lowest BCUT2D eigenvalue weighted by Crippen LogP contribution is -2.15. The second-order valence-electron chi connectivity index (χ2n) is 1.66. The molecule has 0 heterocycles. The Labute approximate surface area is 53.2 Å². The highest BCUT2D eigenvalue weighted by atomic mass is 79.9. The highest BCUT2D eigenvalue weighted by Crippen LogP contribution is 2.20. The number of halogens is 1. The van der Waals surface area contributed by atoms with Gasteiger partial charge < -0.3 is 4.74 Å². The Kier molecular flexibility index (Phi) is 2.84. The molecule has 0 bridgehead atoms. The minimum Gasteiger partial charge on any atom is -0.367 e. The summed E-state index contributed by atoms with van der Waals surface area (Å²) in [7, 11) is 1.69. The molecule has 0 spiro atoms. The van der Waals surface area contributed by atoms with Crippen molar-refractivity contribution >= 4 is 15.9 Å². The lowest BCUT2D eigenvalue weighted by Gasteiger charge is -2.16. The van der Waals surface area contributed by atoms with Crippen LogP contribution in [0.15, 0.2) is 0 Å². The first kappa shape index (κ1) is 7.44. The van der Waals surface area contributed by atoms with Gasteiger partial charge in [-0.05, 0) is 13.3 Å². The largest absolute Gasteiger partial charge is 0.367 e. The first-order chi connectivity index (χ1) is 3.12. The Morgan fingerprint density at radius 2 is 2.14 bits per heavy atom. The van der Waals surface area contributed by atoms with E-state index in [2.05, 4.69) is 22.9 Å². The molecule has 1 nitrogen and oxygen atoms in total. The first-order valence-electron chi connectivity index (χ1n) is 2.36. The number of hydrogen-bond acceptors (Lipinski definition) is 1. The molecule has 0 saturated carbocycles. The quantitative estimate of drug-likeness (QED) is 0.572. The molecule has 0 saturated heterocycles. The number of rotatable bonds is 2. The summed E-state index contributed by atoms with van der Waals surface area (Å²) >= 11 is 3.36. The van der Waals surface area contributed by atoms with E-state index in [-0.39, 0.29) is 4.51 Å². The van der Waals surface area contributed by atoms with E-state index in [0.29, 0.717) is 0 Å². The standard InChI is InChI=1S/C5H11BrO/c1-4-5(2,6)7-3/h4H2,1-3H3. The smallest absolute Gasteiger partial charge is 0.119 e. The minimum absolute atomic E-state index is 0.104. The van der Waals surface area contributed by atoms with Gasteiger partial charge in [0, 0.05) is 7.11 Å². The van der Waals surface area contributed by atoms with Crippen LogP contribution < -0.4 is 0 Å². The molecule has 0 aromatic heterocycles. The van der Waals surface area contributed by atoms with Crippen molar-refractivity contribution in [2.24, 2.45) is 0 Å². The first-order valence-corrected chi connectivity index (χ1v) is 3.16. The molecule has 0 amide bonds. The maximum atomic E-state index is 5.00. The van der Waals surface area contributed by atoms with Crippen LogP contribution in [-0.2, 0) is 4.74 Å². The highest BCUT2D eigenvalue weighted by molar-refractivity contribution is 9.10. The van der Waals surface area contributed by atoms with Crippen molar-refractivity contribution in [3.8, 4) is 0 Å². The molecule has 44 valence electrons. The molecule has 0 radical (unpaired) electrons. The van der Waals surface area contributed by atoms with E-state index in [4.69, 9.17) is 4.74 Å². The van der Waals surface area contributed by atoms with Crippen LogP contribution in [0.4, 0.5) is 0 Å². The van der Waals surface area contributed by atoms with Crippen LogP contribution in [0.5, 0.6) is 0 Å². The van der Waals surface area contributed by atoms with Gasteiger partial charge in [0.2, 0.25) is 0 Å². The van der Waals surface area contributed by atoms with Gasteiger partial charge in [0.25, 0.3) is 0 Å². The molecule has 1 unspecified atom stereocenters. The molecule has 0 aromatic rings. The molecular weight excluding hydrogens is 156 g/mol. The average Bonchev–Trinajstić information content (AvgIpc) is 1.68. The van der Waals surface area contributed by atoms with E-state index in [1.54, 1.807) is 7.11 Å². The summed E-state index contributed by atoms with van der Waals surface area (Å²) in [5.74, 6) is 0. The fourth-order valence-electron chi connectivity index (χ4n) is 0.144. The normalized spacial score (nSPS) is 18.9. The van der Waals surface area contributed by atoms with Crippen molar-refractivity contribution in [2.75, 3.05) is 7.11 Å². The van der Waals surface area contributed by atoms with Gasteiger partial charge >= 0.3 is 0 Å². The van der Waals surface area contributed by atoms with E-state index < -0.39 is 0 Å². The zero-order chi connectivity index (χ0) is 5.91. The Hall–Kier alpha value is 0.440. The van der Waals surface area contributed by atoms with Crippen LogP contribution in [0, 0.1) is 0 Å². The average molecular weight is 167 g/mol. The molecule has 1 atom stereocenters. The lowest BCUT2D eigenvalue weighted by atomic mass is 10.3. The van der Waals surface area contributed by atoms with Crippen molar-refractivity contribution < 1.29 is 4.74 Å². The third-order valence-electron chi connectivity index (χ3n) is 1.06. The van der Waals surface area contributed by atoms with Gasteiger partial charge in [-0.2, -0.15) is 0 Å². The monoisotopic (exact) mass is 166 g/mol. The highest BCUT2D eigenvalue weighted by Gasteiger charge is 2.13. The molecule has 0 N–H and O–H groups in total. The summed E-state index contributed by atoms with van der Waals surface area (Å²) in [6, 6.07) is 0. The van der Waals surface area contributed by atoms with Crippen LogP contribution in [0.2, 0.25) is 0 Å². The molecule has 2 heteroatoms. The molecule has 0 aliphatic rings. The van der Waals surface area contributed by atoms with Crippen molar-refractivity contribution in [3.63, 3.8) is 0 Å². The zero-order valence-corrected chi connectivity index (χ0v) is 6.58. The molecular formula is C5H11BrO.